The van der Waals surface area contributed by atoms with Gasteiger partial charge in [-0.05, 0) is 20.2 Å². The summed E-state index contributed by atoms with van der Waals surface area (Å²) in [6, 6.07) is 7.45. The van der Waals surface area contributed by atoms with Crippen LogP contribution < -0.4 is 0 Å². The molecule has 2 aromatic rings. The highest BCUT2D eigenvalue weighted by molar-refractivity contribution is 7.15. The number of halogens is 1. The Bertz CT molecular complexity index is 625. The van der Waals surface area contributed by atoms with E-state index < -0.39 is 5.97 Å². The number of hydrogen-bond acceptors (Lipinski definition) is 4. The molecular formula is C14H15ClN2O2S. The maximum atomic E-state index is 10.9. The lowest BCUT2D eigenvalue weighted by atomic mass is 10.2. The fourth-order valence-electron chi connectivity index (χ4n) is 1.83. The Hall–Kier alpha value is -1.43. The van der Waals surface area contributed by atoms with E-state index in [1.807, 2.05) is 37.2 Å². The van der Waals surface area contributed by atoms with Crippen molar-refractivity contribution in [2.45, 2.75) is 13.0 Å². The topological polar surface area (TPSA) is 53.4 Å². The fraction of sp³-hybridized carbons (Fsp3) is 0.286. The van der Waals surface area contributed by atoms with Gasteiger partial charge in [0.1, 0.15) is 5.01 Å². The van der Waals surface area contributed by atoms with Crippen LogP contribution in [0.15, 0.2) is 24.3 Å². The first kappa shape index (κ1) is 15.0. The summed E-state index contributed by atoms with van der Waals surface area (Å²) < 4.78 is 0. The molecule has 0 spiro atoms. The van der Waals surface area contributed by atoms with Crippen LogP contribution in [0.4, 0.5) is 0 Å². The predicted molar refractivity (Wildman–Crippen MR) is 81.3 cm³/mol. The van der Waals surface area contributed by atoms with E-state index in [4.69, 9.17) is 16.7 Å². The van der Waals surface area contributed by atoms with Gasteiger partial charge in [0.05, 0.1) is 17.1 Å². The zero-order valence-electron chi connectivity index (χ0n) is 11.3. The molecule has 1 N–H and O–H groups in total. The van der Waals surface area contributed by atoms with Gasteiger partial charge in [0.25, 0.3) is 0 Å². The van der Waals surface area contributed by atoms with Crippen molar-refractivity contribution in [2.75, 3.05) is 14.1 Å². The number of thiazole rings is 1. The second-order valence-electron chi connectivity index (χ2n) is 4.68. The number of hydrogen-bond donors (Lipinski definition) is 1. The number of benzene rings is 1. The van der Waals surface area contributed by atoms with Crippen LogP contribution in [0.5, 0.6) is 0 Å². The highest BCUT2D eigenvalue weighted by atomic mass is 35.5. The summed E-state index contributed by atoms with van der Waals surface area (Å²) in [5.41, 5.74) is 1.46. The molecule has 6 heteroatoms. The molecular weight excluding hydrogens is 296 g/mol. The third kappa shape index (κ3) is 3.56. The van der Waals surface area contributed by atoms with E-state index in [1.165, 1.54) is 11.3 Å². The molecule has 1 aromatic heterocycles. The first-order valence-electron chi connectivity index (χ1n) is 6.07. The first-order valence-corrected chi connectivity index (χ1v) is 7.27. The van der Waals surface area contributed by atoms with E-state index in [0.29, 0.717) is 17.3 Å². The maximum absolute atomic E-state index is 10.9. The molecule has 0 saturated heterocycles. The van der Waals surface area contributed by atoms with Crippen molar-refractivity contribution in [1.82, 2.24) is 9.88 Å². The van der Waals surface area contributed by atoms with E-state index in [0.717, 1.165) is 15.4 Å². The third-order valence-corrected chi connectivity index (χ3v) is 4.11. The monoisotopic (exact) mass is 310 g/mol. The van der Waals surface area contributed by atoms with Crippen molar-refractivity contribution in [1.29, 1.82) is 0 Å². The minimum atomic E-state index is -0.874. The first-order chi connectivity index (χ1) is 9.47. The quantitative estimate of drug-likeness (QED) is 0.921. The van der Waals surface area contributed by atoms with Crippen LogP contribution in [-0.4, -0.2) is 35.1 Å². The summed E-state index contributed by atoms with van der Waals surface area (Å²) in [4.78, 5) is 18.4. The number of nitrogens with zero attached hydrogens (tertiary/aromatic N) is 2. The molecule has 1 aromatic carbocycles. The van der Waals surface area contributed by atoms with Crippen LogP contribution in [-0.2, 0) is 17.8 Å². The number of aliphatic carboxylic acids is 1. The molecule has 0 amide bonds. The van der Waals surface area contributed by atoms with Crippen molar-refractivity contribution < 1.29 is 9.90 Å². The number of rotatable bonds is 5. The Morgan fingerprint density at radius 3 is 2.70 bits per heavy atom. The molecule has 2 rings (SSSR count). The molecule has 0 atom stereocenters. The van der Waals surface area contributed by atoms with Gasteiger partial charge in [0, 0.05) is 17.0 Å². The molecule has 4 nitrogen and oxygen atoms in total. The average molecular weight is 311 g/mol. The van der Waals surface area contributed by atoms with Gasteiger partial charge < -0.3 is 10.0 Å². The van der Waals surface area contributed by atoms with Crippen molar-refractivity contribution in [3.8, 4) is 10.6 Å². The fourth-order valence-corrected chi connectivity index (χ4v) is 3.34. The molecule has 0 aliphatic carbocycles. The smallest absolute Gasteiger partial charge is 0.309 e. The average Bonchev–Trinajstić information content (AvgIpc) is 2.71. The number of carboxylic acid groups (broad SMARTS) is 1. The van der Waals surface area contributed by atoms with E-state index >= 15 is 0 Å². The van der Waals surface area contributed by atoms with Crippen LogP contribution >= 0.6 is 22.9 Å². The number of carbonyl (C=O) groups is 1. The van der Waals surface area contributed by atoms with E-state index in [1.54, 1.807) is 6.07 Å². The van der Waals surface area contributed by atoms with Crippen LogP contribution in [0.25, 0.3) is 10.6 Å². The zero-order valence-corrected chi connectivity index (χ0v) is 12.8. The normalized spacial score (nSPS) is 11.0. The van der Waals surface area contributed by atoms with Crippen molar-refractivity contribution >= 4 is 28.9 Å². The lowest BCUT2D eigenvalue weighted by Gasteiger charge is -2.07. The second kappa shape index (κ2) is 6.35. The summed E-state index contributed by atoms with van der Waals surface area (Å²) in [6.07, 6.45) is -0.0654. The highest BCUT2D eigenvalue weighted by Crippen LogP contribution is 2.33. The predicted octanol–water partition coefficient (Wildman–Crippen LogP) is 3.15. The minimum absolute atomic E-state index is 0.0654. The van der Waals surface area contributed by atoms with Crippen LogP contribution in [0.2, 0.25) is 5.02 Å². The van der Waals surface area contributed by atoms with E-state index in [2.05, 4.69) is 4.98 Å². The molecule has 0 unspecified atom stereocenters. The standard InChI is InChI=1S/C14H15ClN2O2S/c1-17(2)8-12-11(7-13(18)19)16-14(20-12)9-5-3-4-6-10(9)15/h3-6H,7-8H2,1-2H3,(H,18,19). The van der Waals surface area contributed by atoms with Crippen LogP contribution in [0.3, 0.4) is 0 Å². The molecule has 106 valence electrons. The molecule has 0 saturated carbocycles. The van der Waals surface area contributed by atoms with Gasteiger partial charge in [-0.1, -0.05) is 29.8 Å². The summed E-state index contributed by atoms with van der Waals surface area (Å²) >= 11 is 7.67. The SMILES string of the molecule is CN(C)Cc1sc(-c2ccccc2Cl)nc1CC(=O)O. The molecule has 1 heterocycles. The van der Waals surface area contributed by atoms with E-state index in [-0.39, 0.29) is 6.42 Å². The van der Waals surface area contributed by atoms with Gasteiger partial charge in [-0.2, -0.15) is 0 Å². The van der Waals surface area contributed by atoms with Crippen molar-refractivity contribution in [3.05, 3.63) is 39.9 Å². The Balaban J connectivity index is 2.43. The lowest BCUT2D eigenvalue weighted by molar-refractivity contribution is -0.136. The molecule has 0 fully saturated rings. The summed E-state index contributed by atoms with van der Waals surface area (Å²) in [5, 5.41) is 10.4. The lowest BCUT2D eigenvalue weighted by Crippen LogP contribution is -2.12. The Labute approximate surface area is 126 Å². The van der Waals surface area contributed by atoms with Gasteiger partial charge in [-0.25, -0.2) is 4.98 Å². The summed E-state index contributed by atoms with van der Waals surface area (Å²) in [5.74, 6) is -0.874. The van der Waals surface area contributed by atoms with E-state index in [9.17, 15) is 4.79 Å². The minimum Gasteiger partial charge on any atom is -0.481 e. The molecule has 0 bridgehead atoms. The van der Waals surface area contributed by atoms with Gasteiger partial charge in [0.15, 0.2) is 0 Å². The Morgan fingerprint density at radius 1 is 1.40 bits per heavy atom. The van der Waals surface area contributed by atoms with Crippen molar-refractivity contribution in [2.24, 2.45) is 0 Å². The van der Waals surface area contributed by atoms with Crippen LogP contribution in [0.1, 0.15) is 10.6 Å². The molecule has 0 aliphatic rings. The molecule has 20 heavy (non-hydrogen) atoms. The largest absolute Gasteiger partial charge is 0.481 e. The maximum Gasteiger partial charge on any atom is 0.309 e. The van der Waals surface area contributed by atoms with Gasteiger partial charge in [-0.15, -0.1) is 11.3 Å². The van der Waals surface area contributed by atoms with Crippen LogP contribution in [0, 0.1) is 0 Å². The zero-order chi connectivity index (χ0) is 14.7. The summed E-state index contributed by atoms with van der Waals surface area (Å²) in [7, 11) is 3.89. The van der Waals surface area contributed by atoms with Gasteiger partial charge in [-0.3, -0.25) is 4.79 Å². The number of aromatic nitrogens is 1. The molecule has 0 radical (unpaired) electrons. The molecule has 0 aliphatic heterocycles. The van der Waals surface area contributed by atoms with Crippen molar-refractivity contribution in [3.63, 3.8) is 0 Å². The third-order valence-electron chi connectivity index (χ3n) is 2.66. The Kier molecular flexibility index (Phi) is 4.75. The second-order valence-corrected chi connectivity index (χ2v) is 6.17. The highest BCUT2D eigenvalue weighted by Gasteiger charge is 2.16. The Morgan fingerprint density at radius 2 is 2.10 bits per heavy atom. The van der Waals surface area contributed by atoms with Gasteiger partial charge >= 0.3 is 5.97 Å². The van der Waals surface area contributed by atoms with Gasteiger partial charge in [0.2, 0.25) is 0 Å². The number of carboxylic acids is 1. The summed E-state index contributed by atoms with van der Waals surface area (Å²) in [6.45, 7) is 0.671.